The maximum atomic E-state index is 13.0. The Morgan fingerprint density at radius 3 is 2.88 bits per heavy atom. The van der Waals surface area contributed by atoms with Crippen molar-refractivity contribution in [3.8, 4) is 0 Å². The Bertz CT molecular complexity index is 826. The van der Waals surface area contributed by atoms with Crippen molar-refractivity contribution in [2.45, 2.75) is 19.0 Å². The molecule has 0 aliphatic carbocycles. The second kappa shape index (κ2) is 6.57. The third-order valence-corrected chi connectivity index (χ3v) is 4.63. The van der Waals surface area contributed by atoms with Gasteiger partial charge in [0, 0.05) is 54.5 Å². The summed E-state index contributed by atoms with van der Waals surface area (Å²) in [5.74, 6) is -0.176. The monoisotopic (exact) mass is 321 g/mol. The fourth-order valence-corrected chi connectivity index (χ4v) is 3.41. The number of nitrogens with zero attached hydrogens (tertiary/aromatic N) is 2. The number of pyridine rings is 1. The summed E-state index contributed by atoms with van der Waals surface area (Å²) in [4.78, 5) is 6.60. The highest BCUT2D eigenvalue weighted by Gasteiger charge is 2.22. The predicted octanol–water partition coefficient (Wildman–Crippen LogP) is 4.06. The number of anilines is 1. The third-order valence-electron chi connectivity index (χ3n) is 4.63. The molecule has 24 heavy (non-hydrogen) atoms. The van der Waals surface area contributed by atoms with Crippen molar-refractivity contribution in [1.29, 1.82) is 0 Å². The van der Waals surface area contributed by atoms with E-state index in [1.54, 1.807) is 0 Å². The summed E-state index contributed by atoms with van der Waals surface area (Å²) < 4.78 is 13.0. The van der Waals surface area contributed by atoms with E-state index in [-0.39, 0.29) is 5.82 Å². The number of rotatable bonds is 4. The number of benzene rings is 2. The summed E-state index contributed by atoms with van der Waals surface area (Å²) in [5, 5.41) is 6.05. The fourth-order valence-electron chi connectivity index (χ4n) is 3.41. The van der Waals surface area contributed by atoms with Crippen LogP contribution in [0.1, 0.15) is 12.0 Å². The minimum atomic E-state index is -0.176. The van der Waals surface area contributed by atoms with Crippen molar-refractivity contribution in [1.82, 2.24) is 9.88 Å². The molecule has 2 heterocycles. The molecule has 1 N–H and O–H groups in total. The van der Waals surface area contributed by atoms with Crippen LogP contribution in [0.5, 0.6) is 0 Å². The van der Waals surface area contributed by atoms with Crippen LogP contribution in [0.4, 0.5) is 10.1 Å². The first-order chi connectivity index (χ1) is 11.8. The molecule has 1 aliphatic heterocycles. The van der Waals surface area contributed by atoms with Gasteiger partial charge in [-0.1, -0.05) is 24.3 Å². The summed E-state index contributed by atoms with van der Waals surface area (Å²) in [7, 11) is 0. The molecule has 1 aliphatic rings. The normalized spacial score (nSPS) is 18.1. The van der Waals surface area contributed by atoms with Crippen molar-refractivity contribution < 1.29 is 4.39 Å². The van der Waals surface area contributed by atoms with Gasteiger partial charge >= 0.3 is 0 Å². The number of hydrogen-bond donors (Lipinski definition) is 1. The van der Waals surface area contributed by atoms with Gasteiger partial charge in [0.15, 0.2) is 0 Å². The maximum absolute atomic E-state index is 13.0. The smallest absolute Gasteiger partial charge is 0.123 e. The largest absolute Gasteiger partial charge is 0.380 e. The van der Waals surface area contributed by atoms with Crippen LogP contribution < -0.4 is 5.32 Å². The Hall–Kier alpha value is -2.46. The lowest BCUT2D eigenvalue weighted by Crippen LogP contribution is -2.26. The van der Waals surface area contributed by atoms with Crippen LogP contribution in [-0.4, -0.2) is 29.0 Å². The summed E-state index contributed by atoms with van der Waals surface area (Å²) in [5.41, 5.74) is 2.33. The van der Waals surface area contributed by atoms with Crippen molar-refractivity contribution in [2.24, 2.45) is 0 Å². The van der Waals surface area contributed by atoms with E-state index in [9.17, 15) is 4.39 Å². The van der Waals surface area contributed by atoms with E-state index < -0.39 is 0 Å². The van der Waals surface area contributed by atoms with Gasteiger partial charge in [-0.3, -0.25) is 9.88 Å². The Labute approximate surface area is 141 Å². The lowest BCUT2D eigenvalue weighted by molar-refractivity contribution is 0.328. The molecule has 1 fully saturated rings. The first-order valence-electron chi connectivity index (χ1n) is 8.34. The van der Waals surface area contributed by atoms with E-state index in [0.717, 1.165) is 37.0 Å². The Kier molecular flexibility index (Phi) is 4.13. The maximum Gasteiger partial charge on any atom is 0.123 e. The molecule has 3 aromatic rings. The summed E-state index contributed by atoms with van der Waals surface area (Å²) in [6.07, 6.45) is 4.85. The molecule has 4 heteroatoms. The highest BCUT2D eigenvalue weighted by atomic mass is 19.1. The topological polar surface area (TPSA) is 28.2 Å². The van der Waals surface area contributed by atoms with Crippen molar-refractivity contribution in [3.05, 3.63) is 72.3 Å². The van der Waals surface area contributed by atoms with Crippen LogP contribution in [0.3, 0.4) is 0 Å². The van der Waals surface area contributed by atoms with Gasteiger partial charge in [-0.25, -0.2) is 4.39 Å². The molecular formula is C20H20FN3. The average Bonchev–Trinajstić information content (AvgIpc) is 3.04. The van der Waals surface area contributed by atoms with Crippen LogP contribution >= 0.6 is 0 Å². The second-order valence-electron chi connectivity index (χ2n) is 6.39. The lowest BCUT2D eigenvalue weighted by atomic mass is 10.1. The molecule has 122 valence electrons. The van der Waals surface area contributed by atoms with Crippen LogP contribution in [0.2, 0.25) is 0 Å². The first-order valence-corrected chi connectivity index (χ1v) is 8.34. The number of likely N-dealkylation sites (tertiary alicyclic amines) is 1. The van der Waals surface area contributed by atoms with E-state index in [1.807, 2.05) is 24.5 Å². The van der Waals surface area contributed by atoms with Crippen molar-refractivity contribution in [2.75, 3.05) is 18.4 Å². The zero-order valence-corrected chi connectivity index (χ0v) is 13.5. The Morgan fingerprint density at radius 2 is 2.00 bits per heavy atom. The van der Waals surface area contributed by atoms with Crippen LogP contribution in [0.15, 0.2) is 60.9 Å². The molecule has 1 unspecified atom stereocenters. The molecule has 0 saturated carbocycles. The third kappa shape index (κ3) is 3.24. The van der Waals surface area contributed by atoms with Gasteiger partial charge < -0.3 is 5.32 Å². The van der Waals surface area contributed by atoms with E-state index in [0.29, 0.717) is 6.04 Å². The van der Waals surface area contributed by atoms with Crippen LogP contribution in [0.25, 0.3) is 10.8 Å². The highest BCUT2D eigenvalue weighted by Crippen LogP contribution is 2.25. The lowest BCUT2D eigenvalue weighted by Gasteiger charge is -2.18. The predicted molar refractivity (Wildman–Crippen MR) is 95.4 cm³/mol. The number of halogens is 1. The quantitative estimate of drug-likeness (QED) is 0.785. The molecule has 0 radical (unpaired) electrons. The van der Waals surface area contributed by atoms with Crippen molar-refractivity contribution >= 4 is 16.5 Å². The zero-order valence-electron chi connectivity index (χ0n) is 13.5. The molecule has 1 aromatic heterocycles. The highest BCUT2D eigenvalue weighted by molar-refractivity contribution is 5.93. The molecule has 1 atom stereocenters. The molecule has 0 amide bonds. The average molecular weight is 321 g/mol. The van der Waals surface area contributed by atoms with E-state index >= 15 is 0 Å². The fraction of sp³-hybridized carbons (Fsp3) is 0.250. The molecule has 1 saturated heterocycles. The van der Waals surface area contributed by atoms with Crippen LogP contribution in [0, 0.1) is 5.82 Å². The Balaban J connectivity index is 1.42. The number of nitrogens with one attached hydrogen (secondary N) is 1. The summed E-state index contributed by atoms with van der Waals surface area (Å²) >= 11 is 0. The van der Waals surface area contributed by atoms with Gasteiger partial charge in [0.05, 0.1) is 0 Å². The van der Waals surface area contributed by atoms with E-state index in [4.69, 9.17) is 0 Å². The molecule has 4 rings (SSSR count). The standard InChI is InChI=1S/C20H20FN3/c21-17-6-4-15(5-7-17)13-24-11-9-18(14-24)23-20-3-1-2-16-12-22-10-8-19(16)20/h1-8,10,12,18,23H,9,11,13-14H2. The van der Waals surface area contributed by atoms with Gasteiger partial charge in [-0.05, 0) is 36.2 Å². The van der Waals surface area contributed by atoms with Gasteiger partial charge in [0.2, 0.25) is 0 Å². The molecule has 0 spiro atoms. The van der Waals surface area contributed by atoms with E-state index in [1.165, 1.54) is 23.2 Å². The van der Waals surface area contributed by atoms with Gasteiger partial charge in [-0.2, -0.15) is 0 Å². The minimum Gasteiger partial charge on any atom is -0.380 e. The second-order valence-corrected chi connectivity index (χ2v) is 6.39. The first kappa shape index (κ1) is 15.1. The van der Waals surface area contributed by atoms with Gasteiger partial charge in [0.1, 0.15) is 5.82 Å². The van der Waals surface area contributed by atoms with Gasteiger partial charge in [0.25, 0.3) is 0 Å². The minimum absolute atomic E-state index is 0.176. The SMILES string of the molecule is Fc1ccc(CN2CCC(Nc3cccc4cnccc34)C2)cc1. The Morgan fingerprint density at radius 1 is 1.12 bits per heavy atom. The number of hydrogen-bond acceptors (Lipinski definition) is 3. The molecular weight excluding hydrogens is 301 g/mol. The molecule has 2 aromatic carbocycles. The van der Waals surface area contributed by atoms with E-state index in [2.05, 4.69) is 39.5 Å². The van der Waals surface area contributed by atoms with Gasteiger partial charge in [-0.15, -0.1) is 0 Å². The number of aromatic nitrogens is 1. The number of fused-ring (bicyclic) bond motifs is 1. The summed E-state index contributed by atoms with van der Waals surface area (Å²) in [6, 6.07) is 15.6. The molecule has 3 nitrogen and oxygen atoms in total. The zero-order chi connectivity index (χ0) is 16.4. The van der Waals surface area contributed by atoms with Crippen molar-refractivity contribution in [3.63, 3.8) is 0 Å². The summed E-state index contributed by atoms with van der Waals surface area (Å²) in [6.45, 7) is 2.93. The van der Waals surface area contributed by atoms with Crippen LogP contribution in [-0.2, 0) is 6.54 Å². The molecule has 0 bridgehead atoms.